The molecule has 15 heavy (non-hydrogen) atoms. The maximum Gasteiger partial charge on any atom is 0.107 e. The molecule has 0 saturated heterocycles. The zero-order valence-electron chi connectivity index (χ0n) is 9.89. The first-order valence-corrected chi connectivity index (χ1v) is 5.49. The summed E-state index contributed by atoms with van der Waals surface area (Å²) in [6.07, 6.45) is 1.06. The molecule has 0 saturated carbocycles. The van der Waals surface area contributed by atoms with Gasteiger partial charge in [0, 0.05) is 11.1 Å². The van der Waals surface area contributed by atoms with Gasteiger partial charge < -0.3 is 0 Å². The Morgan fingerprint density at radius 3 is 2.53 bits per heavy atom. The van der Waals surface area contributed by atoms with Crippen LogP contribution in [0.25, 0.3) is 10.9 Å². The summed E-state index contributed by atoms with van der Waals surface area (Å²) in [6, 6.07) is 6.67. The fourth-order valence-electron chi connectivity index (χ4n) is 2.13. The number of nitrogens with zero attached hydrogens (tertiary/aromatic N) is 1. The van der Waals surface area contributed by atoms with Gasteiger partial charge in [-0.05, 0) is 49.6 Å². The molecular weight excluding hydrogens is 181 g/mol. The first-order chi connectivity index (χ1) is 7.11. The molecule has 0 spiro atoms. The minimum absolute atomic E-state index is 1.06. The number of benzene rings is 1. The Morgan fingerprint density at radius 1 is 1.13 bits per heavy atom. The standard InChI is InChI=1S/C13H16BN/c1-8-4-9(2)12-6-11(7-14)10(3)15-13(12)5-8/h4-6H,7,14H2,1-3H3. The summed E-state index contributed by atoms with van der Waals surface area (Å²) in [4.78, 5) is 4.67. The average Bonchev–Trinajstić information content (AvgIpc) is 2.16. The van der Waals surface area contributed by atoms with Gasteiger partial charge in [-0.15, -0.1) is 0 Å². The first-order valence-electron chi connectivity index (χ1n) is 5.49. The van der Waals surface area contributed by atoms with E-state index in [-0.39, 0.29) is 0 Å². The molecule has 2 aromatic rings. The van der Waals surface area contributed by atoms with E-state index in [0.29, 0.717) is 0 Å². The smallest absolute Gasteiger partial charge is 0.107 e. The molecular formula is C13H16BN. The van der Waals surface area contributed by atoms with Gasteiger partial charge in [0.25, 0.3) is 0 Å². The van der Waals surface area contributed by atoms with Crippen molar-refractivity contribution in [3.63, 3.8) is 0 Å². The lowest BCUT2D eigenvalue weighted by atomic mass is 9.93. The molecule has 2 heteroatoms. The van der Waals surface area contributed by atoms with Crippen molar-refractivity contribution in [2.45, 2.75) is 27.1 Å². The van der Waals surface area contributed by atoms with E-state index in [9.17, 15) is 0 Å². The molecule has 1 aromatic carbocycles. The summed E-state index contributed by atoms with van der Waals surface area (Å²) < 4.78 is 0. The lowest BCUT2D eigenvalue weighted by Gasteiger charge is -2.08. The van der Waals surface area contributed by atoms with Crippen LogP contribution in [0.15, 0.2) is 18.2 Å². The van der Waals surface area contributed by atoms with Crippen LogP contribution in [-0.4, -0.2) is 12.8 Å². The molecule has 0 aliphatic carbocycles. The quantitative estimate of drug-likeness (QED) is 0.639. The van der Waals surface area contributed by atoms with Crippen LogP contribution in [0.4, 0.5) is 0 Å². The minimum Gasteiger partial charge on any atom is -0.253 e. The molecule has 0 unspecified atom stereocenters. The van der Waals surface area contributed by atoms with Crippen LogP contribution in [0.5, 0.6) is 0 Å². The summed E-state index contributed by atoms with van der Waals surface area (Å²) in [5.41, 5.74) is 6.26. The summed E-state index contributed by atoms with van der Waals surface area (Å²) in [5.74, 6) is 0. The number of hydrogen-bond donors (Lipinski definition) is 0. The highest BCUT2D eigenvalue weighted by atomic mass is 14.7. The third-order valence-corrected chi connectivity index (χ3v) is 2.96. The molecule has 0 N–H and O–H groups in total. The molecule has 0 fully saturated rings. The minimum atomic E-state index is 1.06. The Morgan fingerprint density at radius 2 is 1.87 bits per heavy atom. The van der Waals surface area contributed by atoms with Crippen molar-refractivity contribution in [2.75, 3.05) is 0 Å². The normalized spacial score (nSPS) is 10.9. The van der Waals surface area contributed by atoms with Gasteiger partial charge in [0.1, 0.15) is 7.85 Å². The molecule has 0 amide bonds. The van der Waals surface area contributed by atoms with E-state index in [1.54, 1.807) is 0 Å². The number of aryl methyl sites for hydroxylation is 3. The third-order valence-electron chi connectivity index (χ3n) is 2.96. The molecule has 0 aliphatic rings. The van der Waals surface area contributed by atoms with Crippen LogP contribution in [-0.2, 0) is 6.32 Å². The molecule has 1 aromatic heterocycles. The first kappa shape index (κ1) is 10.2. The van der Waals surface area contributed by atoms with Crippen molar-refractivity contribution >= 4 is 18.7 Å². The van der Waals surface area contributed by atoms with Crippen LogP contribution in [0.2, 0.25) is 0 Å². The van der Waals surface area contributed by atoms with Gasteiger partial charge in [0.05, 0.1) is 5.52 Å². The van der Waals surface area contributed by atoms with Gasteiger partial charge in [0.15, 0.2) is 0 Å². The Bertz CT molecular complexity index is 517. The monoisotopic (exact) mass is 197 g/mol. The Balaban J connectivity index is 2.81. The number of aromatic nitrogens is 1. The van der Waals surface area contributed by atoms with E-state index < -0.39 is 0 Å². The van der Waals surface area contributed by atoms with E-state index in [1.807, 2.05) is 0 Å². The van der Waals surface area contributed by atoms with Crippen LogP contribution in [0.3, 0.4) is 0 Å². The number of pyridine rings is 1. The molecule has 0 aliphatic heterocycles. The molecule has 1 heterocycles. The highest BCUT2D eigenvalue weighted by Crippen LogP contribution is 2.21. The Hall–Kier alpha value is -1.31. The van der Waals surface area contributed by atoms with Crippen molar-refractivity contribution in [1.82, 2.24) is 4.98 Å². The molecule has 0 atom stereocenters. The van der Waals surface area contributed by atoms with Crippen molar-refractivity contribution in [2.24, 2.45) is 0 Å². The third kappa shape index (κ3) is 1.76. The van der Waals surface area contributed by atoms with Gasteiger partial charge in [-0.1, -0.05) is 12.4 Å². The maximum absolute atomic E-state index is 4.67. The highest BCUT2D eigenvalue weighted by Gasteiger charge is 2.04. The predicted molar refractivity (Wildman–Crippen MR) is 68.2 cm³/mol. The second-order valence-electron chi connectivity index (χ2n) is 4.23. The average molecular weight is 197 g/mol. The van der Waals surface area contributed by atoms with Crippen LogP contribution < -0.4 is 0 Å². The van der Waals surface area contributed by atoms with Crippen molar-refractivity contribution in [3.8, 4) is 0 Å². The summed E-state index contributed by atoms with van der Waals surface area (Å²) in [5, 5.41) is 1.29. The topological polar surface area (TPSA) is 12.9 Å². The fraction of sp³-hybridized carbons (Fsp3) is 0.308. The van der Waals surface area contributed by atoms with E-state index in [1.165, 1.54) is 22.1 Å². The summed E-state index contributed by atoms with van der Waals surface area (Å²) in [7, 11) is 2.18. The zero-order valence-corrected chi connectivity index (χ0v) is 9.89. The largest absolute Gasteiger partial charge is 0.253 e. The van der Waals surface area contributed by atoms with E-state index in [0.717, 1.165) is 17.5 Å². The maximum atomic E-state index is 4.67. The molecule has 1 nitrogen and oxygen atoms in total. The van der Waals surface area contributed by atoms with E-state index >= 15 is 0 Å². The number of hydrogen-bond acceptors (Lipinski definition) is 1. The van der Waals surface area contributed by atoms with Crippen LogP contribution in [0, 0.1) is 20.8 Å². The molecule has 76 valence electrons. The lowest BCUT2D eigenvalue weighted by molar-refractivity contribution is 1.17. The fourth-order valence-corrected chi connectivity index (χ4v) is 2.13. The van der Waals surface area contributed by atoms with Gasteiger partial charge in [-0.2, -0.15) is 0 Å². The summed E-state index contributed by atoms with van der Waals surface area (Å²) >= 11 is 0. The second-order valence-corrected chi connectivity index (χ2v) is 4.23. The van der Waals surface area contributed by atoms with Gasteiger partial charge in [0.2, 0.25) is 0 Å². The zero-order chi connectivity index (χ0) is 11.0. The van der Waals surface area contributed by atoms with Crippen molar-refractivity contribution in [1.29, 1.82) is 0 Å². The number of fused-ring (bicyclic) bond motifs is 1. The number of rotatable bonds is 1. The second kappa shape index (κ2) is 3.69. The SMILES string of the molecule is BCc1cc2c(C)cc(C)cc2nc1C. The van der Waals surface area contributed by atoms with Gasteiger partial charge in [-0.3, -0.25) is 4.98 Å². The summed E-state index contributed by atoms with van der Waals surface area (Å²) in [6.45, 7) is 6.37. The highest BCUT2D eigenvalue weighted by molar-refractivity contribution is 6.08. The molecule has 0 bridgehead atoms. The van der Waals surface area contributed by atoms with Crippen LogP contribution >= 0.6 is 0 Å². The Kier molecular flexibility index (Phi) is 2.51. The van der Waals surface area contributed by atoms with E-state index in [4.69, 9.17) is 0 Å². The van der Waals surface area contributed by atoms with Crippen molar-refractivity contribution in [3.05, 3.63) is 40.6 Å². The lowest BCUT2D eigenvalue weighted by Crippen LogP contribution is -1.95. The van der Waals surface area contributed by atoms with Crippen molar-refractivity contribution < 1.29 is 0 Å². The van der Waals surface area contributed by atoms with Crippen LogP contribution in [0.1, 0.15) is 22.4 Å². The van der Waals surface area contributed by atoms with Gasteiger partial charge >= 0.3 is 0 Å². The van der Waals surface area contributed by atoms with Gasteiger partial charge in [-0.25, -0.2) is 0 Å². The Labute approximate surface area is 91.9 Å². The predicted octanol–water partition coefficient (Wildman–Crippen LogP) is 2.29. The molecule has 2 rings (SSSR count). The molecule has 0 radical (unpaired) electrons. The van der Waals surface area contributed by atoms with E-state index in [2.05, 4.69) is 51.8 Å².